The zero-order chi connectivity index (χ0) is 6.57. The summed E-state index contributed by atoms with van der Waals surface area (Å²) in [5, 5.41) is 0. The van der Waals surface area contributed by atoms with Gasteiger partial charge in [-0.05, 0) is 0 Å². The Kier molecular flexibility index (Phi) is 8.83. The van der Waals surface area contributed by atoms with Gasteiger partial charge in [-0.3, -0.25) is 9.59 Å². The van der Waals surface area contributed by atoms with Gasteiger partial charge < -0.3 is 6.16 Å². The third-order valence-electron chi connectivity index (χ3n) is 0.367. The summed E-state index contributed by atoms with van der Waals surface area (Å²) in [6.45, 7) is 1.14. The Morgan fingerprint density at radius 3 is 2.22 bits per heavy atom. The van der Waals surface area contributed by atoms with Crippen molar-refractivity contribution >= 4 is 23.5 Å². The number of hydrogen-bond donors (Lipinski definition) is 0. The number of rotatable bonds is 1. The number of carbonyl (C=O) groups is 2. The first-order valence-corrected chi connectivity index (χ1v) is 2.47. The van der Waals surface area contributed by atoms with E-state index in [4.69, 9.17) is 11.6 Å². The average molecular weight is 161 g/mol. The molecule has 0 aromatic heterocycles. The minimum absolute atomic E-state index is 0. The fourth-order valence-corrected chi connectivity index (χ4v) is 0.242. The molecule has 0 rings (SSSR count). The van der Waals surface area contributed by atoms with E-state index >= 15 is 0 Å². The van der Waals surface area contributed by atoms with Gasteiger partial charge in [-0.25, -0.2) is 0 Å². The molecule has 0 aromatic carbocycles. The van der Waals surface area contributed by atoms with Crippen LogP contribution in [-0.4, -0.2) is 17.8 Å². The van der Waals surface area contributed by atoms with Gasteiger partial charge in [-0.1, -0.05) is 0 Å². The number of ether oxygens (including phenoxy) is 1. The standard InChI is InChI=1S/C4H5ClO3.Na.H/c1-3(6)8-4(7)2-5;;/h2H2,1H3;;/q;+1;-1. The van der Waals surface area contributed by atoms with Crippen LogP contribution in [0.5, 0.6) is 0 Å². The molecule has 0 atom stereocenters. The fraction of sp³-hybridized carbons (Fsp3) is 0.500. The second kappa shape index (κ2) is 6.55. The summed E-state index contributed by atoms with van der Waals surface area (Å²) in [6, 6.07) is 0. The minimum Gasteiger partial charge on any atom is -1.00 e. The second-order valence-electron chi connectivity index (χ2n) is 1.10. The van der Waals surface area contributed by atoms with Gasteiger partial charge in [-0.2, -0.15) is 0 Å². The van der Waals surface area contributed by atoms with E-state index in [2.05, 4.69) is 4.74 Å². The topological polar surface area (TPSA) is 43.4 Å². The van der Waals surface area contributed by atoms with E-state index in [-0.39, 0.29) is 36.9 Å². The van der Waals surface area contributed by atoms with Crippen LogP contribution in [0.3, 0.4) is 0 Å². The molecule has 0 aliphatic heterocycles. The van der Waals surface area contributed by atoms with Crippen LogP contribution in [0, 0.1) is 0 Å². The molecular weight excluding hydrogens is 154 g/mol. The maximum absolute atomic E-state index is 10.0. The summed E-state index contributed by atoms with van der Waals surface area (Å²) in [6.07, 6.45) is 0. The summed E-state index contributed by atoms with van der Waals surface area (Å²) in [7, 11) is 0. The molecule has 0 aromatic rings. The van der Waals surface area contributed by atoms with E-state index in [0.29, 0.717) is 0 Å². The Bertz CT molecular complexity index is 119. The van der Waals surface area contributed by atoms with Crippen molar-refractivity contribution in [2.45, 2.75) is 6.92 Å². The molecule has 0 spiro atoms. The normalized spacial score (nSPS) is 7.33. The molecule has 0 heterocycles. The zero-order valence-corrected chi connectivity index (χ0v) is 8.07. The summed E-state index contributed by atoms with van der Waals surface area (Å²) >= 11 is 4.97. The molecule has 0 aliphatic carbocycles. The third kappa shape index (κ3) is 8.43. The summed E-state index contributed by atoms with van der Waals surface area (Å²) in [5.74, 6) is -1.62. The smallest absolute Gasteiger partial charge is 1.00 e. The minimum atomic E-state index is -0.709. The molecular formula is C4H6ClNaO3. The quantitative estimate of drug-likeness (QED) is 0.183. The van der Waals surface area contributed by atoms with E-state index in [0.717, 1.165) is 6.92 Å². The van der Waals surface area contributed by atoms with E-state index in [1.807, 2.05) is 0 Å². The van der Waals surface area contributed by atoms with Gasteiger partial charge in [-0.15, -0.1) is 11.6 Å². The largest absolute Gasteiger partial charge is 1.00 e. The Morgan fingerprint density at radius 1 is 1.67 bits per heavy atom. The van der Waals surface area contributed by atoms with Gasteiger partial charge in [0.15, 0.2) is 0 Å². The molecule has 0 fully saturated rings. The monoisotopic (exact) mass is 160 g/mol. The molecule has 0 saturated heterocycles. The molecule has 5 heteroatoms. The zero-order valence-electron chi connectivity index (χ0n) is 6.31. The predicted octanol–water partition coefficient (Wildman–Crippen LogP) is -2.57. The van der Waals surface area contributed by atoms with Gasteiger partial charge in [0.2, 0.25) is 0 Å². The Balaban J connectivity index is -0.000000245. The molecule has 3 nitrogen and oxygen atoms in total. The summed E-state index contributed by atoms with van der Waals surface area (Å²) in [4.78, 5) is 20.0. The fourth-order valence-electron chi connectivity index (χ4n) is 0.188. The number of hydrogen-bond acceptors (Lipinski definition) is 3. The van der Waals surface area contributed by atoms with Crippen molar-refractivity contribution < 1.29 is 45.3 Å². The molecule has 0 unspecified atom stereocenters. The molecule has 9 heavy (non-hydrogen) atoms. The van der Waals surface area contributed by atoms with Gasteiger partial charge in [0.25, 0.3) is 0 Å². The Morgan fingerprint density at radius 2 is 2.11 bits per heavy atom. The maximum atomic E-state index is 10.0. The van der Waals surface area contributed by atoms with E-state index in [9.17, 15) is 9.59 Å². The van der Waals surface area contributed by atoms with Crippen molar-refractivity contribution in [1.82, 2.24) is 0 Å². The van der Waals surface area contributed by atoms with Gasteiger partial charge in [0, 0.05) is 6.92 Å². The molecule has 0 bridgehead atoms. The first kappa shape index (κ1) is 12.1. The van der Waals surface area contributed by atoms with Gasteiger partial charge in [0.1, 0.15) is 5.88 Å². The molecule has 0 radical (unpaired) electrons. The predicted molar refractivity (Wildman–Crippen MR) is 28.6 cm³/mol. The van der Waals surface area contributed by atoms with Crippen molar-refractivity contribution in [3.05, 3.63) is 0 Å². The van der Waals surface area contributed by atoms with Crippen molar-refractivity contribution in [3.8, 4) is 0 Å². The van der Waals surface area contributed by atoms with Gasteiger partial charge >= 0.3 is 41.5 Å². The van der Waals surface area contributed by atoms with Crippen molar-refractivity contribution in [2.24, 2.45) is 0 Å². The summed E-state index contributed by atoms with van der Waals surface area (Å²) < 4.78 is 3.99. The van der Waals surface area contributed by atoms with Crippen molar-refractivity contribution in [3.63, 3.8) is 0 Å². The number of esters is 2. The number of halogens is 1. The molecule has 0 N–H and O–H groups in total. The van der Waals surface area contributed by atoms with E-state index < -0.39 is 11.9 Å². The van der Waals surface area contributed by atoms with Crippen LogP contribution in [0.2, 0.25) is 0 Å². The molecule has 48 valence electrons. The van der Waals surface area contributed by atoms with Crippen LogP contribution >= 0.6 is 11.6 Å². The van der Waals surface area contributed by atoms with E-state index in [1.54, 1.807) is 0 Å². The molecule has 0 saturated carbocycles. The third-order valence-corrected chi connectivity index (χ3v) is 0.585. The first-order chi connectivity index (χ1) is 3.66. The second-order valence-corrected chi connectivity index (χ2v) is 1.37. The SMILES string of the molecule is CC(=O)OC(=O)CCl.[H-].[Na+]. The average Bonchev–Trinajstić information content (AvgIpc) is 1.65. The Hall–Kier alpha value is 0.430. The van der Waals surface area contributed by atoms with Crippen LogP contribution in [0.25, 0.3) is 0 Å². The first-order valence-electron chi connectivity index (χ1n) is 1.94. The van der Waals surface area contributed by atoms with Gasteiger partial charge in [0.05, 0.1) is 0 Å². The van der Waals surface area contributed by atoms with Crippen LogP contribution in [0.1, 0.15) is 8.35 Å². The van der Waals surface area contributed by atoms with Crippen LogP contribution in [0.15, 0.2) is 0 Å². The van der Waals surface area contributed by atoms with Crippen LogP contribution in [-0.2, 0) is 14.3 Å². The molecule has 0 aliphatic rings. The maximum Gasteiger partial charge on any atom is 1.00 e. The van der Waals surface area contributed by atoms with Crippen LogP contribution in [0.4, 0.5) is 0 Å². The Labute approximate surface area is 81.5 Å². The number of carbonyl (C=O) groups excluding carboxylic acids is 2. The van der Waals surface area contributed by atoms with Crippen molar-refractivity contribution in [2.75, 3.05) is 5.88 Å². The number of alkyl halides is 1. The summed E-state index contributed by atoms with van der Waals surface area (Å²) in [5.41, 5.74) is 0. The van der Waals surface area contributed by atoms with Crippen LogP contribution < -0.4 is 29.6 Å². The molecule has 0 amide bonds. The van der Waals surface area contributed by atoms with Crippen molar-refractivity contribution in [1.29, 1.82) is 0 Å². The van der Waals surface area contributed by atoms with E-state index in [1.165, 1.54) is 0 Å².